The number of aryl methyl sites for hydroxylation is 1. The Labute approximate surface area is 112 Å². The van der Waals surface area contributed by atoms with Crippen molar-refractivity contribution < 1.29 is 9.15 Å². The SMILES string of the molecule is Cc1nc2ccc(C(N)CC3COCCN3)cc2o1. The minimum atomic E-state index is -0.0194. The van der Waals surface area contributed by atoms with Crippen molar-refractivity contribution in [1.82, 2.24) is 10.3 Å². The van der Waals surface area contributed by atoms with Gasteiger partial charge in [-0.25, -0.2) is 4.98 Å². The smallest absolute Gasteiger partial charge is 0.192 e. The number of aromatic nitrogens is 1. The molecule has 5 heteroatoms. The van der Waals surface area contributed by atoms with Crippen molar-refractivity contribution in [3.63, 3.8) is 0 Å². The van der Waals surface area contributed by atoms with E-state index < -0.39 is 0 Å². The third-order valence-electron chi connectivity index (χ3n) is 3.48. The van der Waals surface area contributed by atoms with Crippen LogP contribution in [0.15, 0.2) is 22.6 Å². The number of nitrogens with one attached hydrogen (secondary N) is 1. The Hall–Kier alpha value is -1.43. The highest BCUT2D eigenvalue weighted by molar-refractivity contribution is 5.73. The first kappa shape index (κ1) is 12.6. The predicted octanol–water partition coefficient (Wildman–Crippen LogP) is 1.51. The van der Waals surface area contributed by atoms with Crippen LogP contribution in [0.5, 0.6) is 0 Å². The molecule has 2 heterocycles. The minimum Gasteiger partial charge on any atom is -0.441 e. The van der Waals surface area contributed by atoms with Crippen molar-refractivity contribution in [2.75, 3.05) is 19.8 Å². The van der Waals surface area contributed by atoms with E-state index in [1.807, 2.05) is 25.1 Å². The van der Waals surface area contributed by atoms with Crippen LogP contribution in [0, 0.1) is 6.92 Å². The van der Waals surface area contributed by atoms with Gasteiger partial charge in [-0.1, -0.05) is 6.07 Å². The van der Waals surface area contributed by atoms with Gasteiger partial charge in [0.05, 0.1) is 13.2 Å². The number of nitrogens with zero attached hydrogens (tertiary/aromatic N) is 1. The van der Waals surface area contributed by atoms with Crippen LogP contribution in [0.4, 0.5) is 0 Å². The van der Waals surface area contributed by atoms with Crippen LogP contribution in [-0.2, 0) is 4.74 Å². The molecule has 0 saturated carbocycles. The van der Waals surface area contributed by atoms with Crippen LogP contribution in [0.2, 0.25) is 0 Å². The molecule has 1 saturated heterocycles. The summed E-state index contributed by atoms with van der Waals surface area (Å²) in [7, 11) is 0. The molecule has 0 spiro atoms. The summed E-state index contributed by atoms with van der Waals surface area (Å²) in [6.07, 6.45) is 0.860. The second kappa shape index (κ2) is 5.28. The van der Waals surface area contributed by atoms with E-state index in [-0.39, 0.29) is 6.04 Å². The predicted molar refractivity (Wildman–Crippen MR) is 72.9 cm³/mol. The Morgan fingerprint density at radius 3 is 3.21 bits per heavy atom. The molecule has 3 rings (SSSR count). The largest absolute Gasteiger partial charge is 0.441 e. The Kier molecular flexibility index (Phi) is 3.50. The monoisotopic (exact) mass is 261 g/mol. The molecule has 0 aliphatic carbocycles. The van der Waals surface area contributed by atoms with Gasteiger partial charge in [-0.15, -0.1) is 0 Å². The van der Waals surface area contributed by atoms with E-state index in [0.717, 1.165) is 42.8 Å². The van der Waals surface area contributed by atoms with Crippen LogP contribution in [0.3, 0.4) is 0 Å². The molecule has 0 amide bonds. The van der Waals surface area contributed by atoms with E-state index in [1.165, 1.54) is 0 Å². The van der Waals surface area contributed by atoms with Crippen molar-refractivity contribution >= 4 is 11.1 Å². The van der Waals surface area contributed by atoms with Crippen LogP contribution < -0.4 is 11.1 Å². The molecule has 2 aromatic rings. The quantitative estimate of drug-likeness (QED) is 0.876. The Morgan fingerprint density at radius 2 is 2.42 bits per heavy atom. The van der Waals surface area contributed by atoms with Crippen LogP contribution in [0.25, 0.3) is 11.1 Å². The van der Waals surface area contributed by atoms with Gasteiger partial charge in [-0.3, -0.25) is 0 Å². The summed E-state index contributed by atoms with van der Waals surface area (Å²) in [5.41, 5.74) is 9.03. The van der Waals surface area contributed by atoms with Crippen molar-refractivity contribution in [3.8, 4) is 0 Å². The molecule has 1 aromatic carbocycles. The number of oxazole rings is 1. The molecule has 19 heavy (non-hydrogen) atoms. The lowest BCUT2D eigenvalue weighted by molar-refractivity contribution is 0.0720. The summed E-state index contributed by atoms with van der Waals surface area (Å²) in [5, 5.41) is 3.42. The standard InChI is InChI=1S/C14H19N3O2/c1-9-17-13-3-2-10(6-14(13)19-9)12(15)7-11-8-18-5-4-16-11/h2-3,6,11-12,16H,4-5,7-8,15H2,1H3. The maximum Gasteiger partial charge on any atom is 0.192 e. The zero-order valence-corrected chi connectivity index (χ0v) is 11.1. The molecular formula is C14H19N3O2. The fraction of sp³-hybridized carbons (Fsp3) is 0.500. The van der Waals surface area contributed by atoms with Gasteiger partial charge in [0.25, 0.3) is 0 Å². The van der Waals surface area contributed by atoms with Crippen LogP contribution >= 0.6 is 0 Å². The summed E-state index contributed by atoms with van der Waals surface area (Å²) in [5.74, 6) is 0.683. The van der Waals surface area contributed by atoms with Crippen LogP contribution in [0.1, 0.15) is 23.9 Å². The molecule has 0 radical (unpaired) electrons. The first-order valence-electron chi connectivity index (χ1n) is 6.66. The second-order valence-electron chi connectivity index (χ2n) is 5.03. The normalized spacial score (nSPS) is 21.7. The molecule has 1 aliphatic rings. The molecular weight excluding hydrogens is 242 g/mol. The lowest BCUT2D eigenvalue weighted by Gasteiger charge is -2.26. The highest BCUT2D eigenvalue weighted by atomic mass is 16.5. The maximum atomic E-state index is 6.27. The number of morpholine rings is 1. The average Bonchev–Trinajstić information content (AvgIpc) is 2.78. The number of rotatable bonds is 3. The topological polar surface area (TPSA) is 73.3 Å². The number of hydrogen-bond donors (Lipinski definition) is 2. The third kappa shape index (κ3) is 2.78. The van der Waals surface area contributed by atoms with Gasteiger partial charge in [-0.2, -0.15) is 0 Å². The molecule has 3 N–H and O–H groups in total. The Morgan fingerprint density at radius 1 is 1.53 bits per heavy atom. The molecule has 1 aliphatic heterocycles. The van der Waals surface area contributed by atoms with Gasteiger partial charge in [0, 0.05) is 25.6 Å². The number of hydrogen-bond acceptors (Lipinski definition) is 5. The second-order valence-corrected chi connectivity index (χ2v) is 5.03. The van der Waals surface area contributed by atoms with Crippen molar-refractivity contribution in [3.05, 3.63) is 29.7 Å². The summed E-state index contributed by atoms with van der Waals surface area (Å²) >= 11 is 0. The van der Waals surface area contributed by atoms with Gasteiger partial charge in [0.15, 0.2) is 11.5 Å². The lowest BCUT2D eigenvalue weighted by atomic mass is 10.00. The third-order valence-corrected chi connectivity index (χ3v) is 3.48. The average molecular weight is 261 g/mol. The van der Waals surface area contributed by atoms with Crippen LogP contribution in [-0.4, -0.2) is 30.8 Å². The highest BCUT2D eigenvalue weighted by Crippen LogP contribution is 2.22. The van der Waals surface area contributed by atoms with Gasteiger partial charge in [0.1, 0.15) is 5.52 Å². The number of nitrogens with two attached hydrogens (primary N) is 1. The Bertz CT molecular complexity index is 561. The zero-order chi connectivity index (χ0) is 13.2. The Balaban J connectivity index is 1.74. The summed E-state index contributed by atoms with van der Waals surface area (Å²) in [6.45, 7) is 4.27. The minimum absolute atomic E-state index is 0.0194. The van der Waals surface area contributed by atoms with E-state index >= 15 is 0 Å². The van der Waals surface area contributed by atoms with E-state index in [0.29, 0.717) is 11.9 Å². The molecule has 5 nitrogen and oxygen atoms in total. The fourth-order valence-electron chi connectivity index (χ4n) is 2.50. The first-order valence-corrected chi connectivity index (χ1v) is 6.66. The van der Waals surface area contributed by atoms with Gasteiger partial charge in [-0.05, 0) is 24.1 Å². The molecule has 2 atom stereocenters. The van der Waals surface area contributed by atoms with Crippen molar-refractivity contribution in [2.24, 2.45) is 5.73 Å². The summed E-state index contributed by atoms with van der Waals surface area (Å²) in [4.78, 5) is 4.29. The maximum absolute atomic E-state index is 6.27. The van der Waals surface area contributed by atoms with Crippen molar-refractivity contribution in [2.45, 2.75) is 25.4 Å². The number of ether oxygens (including phenoxy) is 1. The molecule has 1 aromatic heterocycles. The highest BCUT2D eigenvalue weighted by Gasteiger charge is 2.18. The zero-order valence-electron chi connectivity index (χ0n) is 11.1. The molecule has 1 fully saturated rings. The van der Waals surface area contributed by atoms with E-state index in [2.05, 4.69) is 10.3 Å². The van der Waals surface area contributed by atoms with Gasteiger partial charge in [0.2, 0.25) is 0 Å². The fourth-order valence-corrected chi connectivity index (χ4v) is 2.50. The van der Waals surface area contributed by atoms with Crippen molar-refractivity contribution in [1.29, 1.82) is 0 Å². The molecule has 0 bridgehead atoms. The molecule has 2 unspecified atom stereocenters. The first-order chi connectivity index (χ1) is 9.22. The van der Waals surface area contributed by atoms with Gasteiger partial charge < -0.3 is 20.2 Å². The lowest BCUT2D eigenvalue weighted by Crippen LogP contribution is -2.42. The van der Waals surface area contributed by atoms with Gasteiger partial charge >= 0.3 is 0 Å². The van der Waals surface area contributed by atoms with E-state index in [1.54, 1.807) is 0 Å². The molecule has 102 valence electrons. The number of fused-ring (bicyclic) bond motifs is 1. The van der Waals surface area contributed by atoms with E-state index in [4.69, 9.17) is 14.9 Å². The number of benzene rings is 1. The summed E-state index contributed by atoms with van der Waals surface area (Å²) < 4.78 is 11.0. The van der Waals surface area contributed by atoms with E-state index in [9.17, 15) is 0 Å². The summed E-state index contributed by atoms with van der Waals surface area (Å²) in [6, 6.07) is 6.29.